The monoisotopic (exact) mass is 1120 g/mol. The Balaban J connectivity index is 0.716. The third-order valence-electron chi connectivity index (χ3n) is 13.1. The third-order valence-corrected chi connectivity index (χ3v) is 15.2. The molecule has 0 aliphatic carbocycles. The summed E-state index contributed by atoms with van der Waals surface area (Å²) in [5, 5.41) is 28.3. The van der Waals surface area contributed by atoms with E-state index in [-0.39, 0.29) is 29.9 Å². The lowest BCUT2D eigenvalue weighted by atomic mass is 10.0. The summed E-state index contributed by atoms with van der Waals surface area (Å²) in [6.07, 6.45) is 8.46. The molecular formula is C51H59BrN13O10P. The van der Waals surface area contributed by atoms with Gasteiger partial charge in [-0.25, -0.2) is 4.98 Å². The number of ether oxygens (including phenoxy) is 4. The molecule has 25 heteroatoms. The molecular weight excluding hydrogens is 1070 g/mol. The molecule has 6 heterocycles. The maximum absolute atomic E-state index is 13.6. The van der Waals surface area contributed by atoms with Crippen molar-refractivity contribution in [1.82, 2.24) is 44.8 Å². The van der Waals surface area contributed by atoms with E-state index >= 15 is 0 Å². The highest BCUT2D eigenvalue weighted by molar-refractivity contribution is 9.10. The van der Waals surface area contributed by atoms with Gasteiger partial charge in [0.05, 0.1) is 90.7 Å². The van der Waals surface area contributed by atoms with Crippen LogP contribution in [0.15, 0.2) is 77.9 Å². The molecule has 2 unspecified atom stereocenters. The summed E-state index contributed by atoms with van der Waals surface area (Å²) in [5.74, 6) is -0.924. The van der Waals surface area contributed by atoms with Crippen LogP contribution in [-0.4, -0.2) is 173 Å². The molecule has 0 bridgehead atoms. The number of aryl methyl sites for hydroxylation is 1. The minimum atomic E-state index is -2.83. The van der Waals surface area contributed by atoms with Gasteiger partial charge in [0.2, 0.25) is 17.8 Å². The van der Waals surface area contributed by atoms with E-state index in [1.165, 1.54) is 0 Å². The lowest BCUT2D eigenvalue weighted by Gasteiger charge is -2.39. The van der Waals surface area contributed by atoms with Gasteiger partial charge in [-0.05, 0) is 66.0 Å². The number of hydrogen-bond acceptors (Lipinski definition) is 20. The predicted molar refractivity (Wildman–Crippen MR) is 289 cm³/mol. The quantitative estimate of drug-likeness (QED) is 0.0330. The summed E-state index contributed by atoms with van der Waals surface area (Å²) in [4.78, 5) is 74.0. The van der Waals surface area contributed by atoms with E-state index in [1.54, 1.807) is 61.9 Å². The number of methoxy groups -OCH3 is 1. The Morgan fingerprint density at radius 3 is 2.33 bits per heavy atom. The van der Waals surface area contributed by atoms with Gasteiger partial charge >= 0.3 is 0 Å². The van der Waals surface area contributed by atoms with Crippen LogP contribution in [0.25, 0.3) is 22.2 Å². The highest BCUT2D eigenvalue weighted by atomic mass is 79.9. The number of halogens is 1. The average Bonchev–Trinajstić information content (AvgIpc) is 4.02. The molecule has 400 valence electrons. The van der Waals surface area contributed by atoms with Crippen molar-refractivity contribution in [2.24, 2.45) is 7.05 Å². The van der Waals surface area contributed by atoms with Gasteiger partial charge in [-0.1, -0.05) is 6.07 Å². The number of anilines is 6. The van der Waals surface area contributed by atoms with Crippen LogP contribution >= 0.6 is 23.1 Å². The topological polar surface area (TPSA) is 270 Å². The normalized spacial score (nSPS) is 16.5. The summed E-state index contributed by atoms with van der Waals surface area (Å²) < 4.78 is 39.0. The van der Waals surface area contributed by atoms with E-state index in [9.17, 15) is 28.8 Å². The zero-order chi connectivity index (χ0) is 53.5. The van der Waals surface area contributed by atoms with Crippen molar-refractivity contribution < 1.29 is 47.8 Å². The van der Waals surface area contributed by atoms with Crippen molar-refractivity contribution in [3.63, 3.8) is 0 Å². The number of nitrogens with one attached hydrogen (secondary N) is 4. The van der Waals surface area contributed by atoms with Crippen LogP contribution in [0.1, 0.15) is 40.0 Å². The molecule has 3 aromatic heterocycles. The number of piperazine rings is 1. The number of aliphatic hydroxyl groups is 1. The minimum Gasteiger partial charge on any atom is -0.494 e. The summed E-state index contributed by atoms with van der Waals surface area (Å²) >= 11 is 3.58. The lowest BCUT2D eigenvalue weighted by Crippen LogP contribution is -2.54. The van der Waals surface area contributed by atoms with Gasteiger partial charge in [0, 0.05) is 106 Å². The zero-order valence-electron chi connectivity index (χ0n) is 42.5. The number of benzene rings is 3. The molecule has 0 spiro atoms. The van der Waals surface area contributed by atoms with Crippen molar-refractivity contribution >= 4 is 97.6 Å². The number of aliphatic hydroxyl groups excluding tert-OH is 1. The number of imide groups is 2. The second-order valence-corrected chi connectivity index (χ2v) is 22.6. The molecule has 6 aromatic rings. The predicted octanol–water partition coefficient (Wildman–Crippen LogP) is 4.72. The fourth-order valence-corrected chi connectivity index (χ4v) is 11.1. The molecule has 0 saturated carbocycles. The van der Waals surface area contributed by atoms with Gasteiger partial charge in [0.25, 0.3) is 11.8 Å². The van der Waals surface area contributed by atoms with Gasteiger partial charge < -0.3 is 49.5 Å². The van der Waals surface area contributed by atoms with E-state index in [0.717, 1.165) is 21.7 Å². The molecule has 3 aliphatic rings. The molecule has 23 nitrogen and oxygen atoms in total. The van der Waals surface area contributed by atoms with Crippen LogP contribution < -0.4 is 36.2 Å². The first-order valence-corrected chi connectivity index (χ1v) is 28.1. The Kier molecular flexibility index (Phi) is 17.0. The van der Waals surface area contributed by atoms with Crippen molar-refractivity contribution in [1.29, 1.82) is 0 Å². The molecule has 76 heavy (non-hydrogen) atoms. The molecule has 3 aromatic carbocycles. The Hall–Kier alpha value is -6.92. The maximum Gasteiger partial charge on any atom is 0.264 e. The standard InChI is InChI=1S/C51H59BrN13O10P/c1-62-30-31(28-57-62)33-26-38(59-51-56-29-34(52)47(61-51)58-37-9-8-36-45(55-14-13-53-36)46(37)76(3,4)71)41(72-2)27-40(33)63-16-18-64(19-17-63)43(67)12-20-73-22-24-75-25-23-74-21-15-54-35-7-5-6-32-44(35)50(70)65(49(32)69)39-10-11-42(66)60-48(39)68/h5-9,13-14,26-30,39,43,54,67H,10-12,15-25H2,1-4H3,(H,60,66,68)(H2,56,58,59,61). The first-order chi connectivity index (χ1) is 36.7. The third kappa shape index (κ3) is 12.2. The van der Waals surface area contributed by atoms with Gasteiger partial charge in [-0.3, -0.25) is 48.9 Å². The van der Waals surface area contributed by atoms with Gasteiger partial charge in [-0.2, -0.15) is 10.1 Å². The van der Waals surface area contributed by atoms with Gasteiger partial charge in [-0.15, -0.1) is 0 Å². The number of carbonyl (C=O) groups excluding carboxylic acids is 4. The maximum atomic E-state index is 13.6. The molecule has 0 radical (unpaired) electrons. The summed E-state index contributed by atoms with van der Waals surface area (Å²) in [6, 6.07) is 11.5. The number of fused-ring (bicyclic) bond motifs is 2. The highest BCUT2D eigenvalue weighted by Gasteiger charge is 2.45. The molecule has 2 fully saturated rings. The first-order valence-electron chi connectivity index (χ1n) is 24.7. The van der Waals surface area contributed by atoms with Gasteiger partial charge in [0.15, 0.2) is 0 Å². The van der Waals surface area contributed by atoms with Crippen LogP contribution in [0.4, 0.5) is 34.5 Å². The van der Waals surface area contributed by atoms with E-state index < -0.39 is 43.0 Å². The molecule has 9 rings (SSSR count). The largest absolute Gasteiger partial charge is 0.494 e. The van der Waals surface area contributed by atoms with Crippen molar-refractivity contribution in [3.05, 3.63) is 89.0 Å². The smallest absolute Gasteiger partial charge is 0.264 e. The number of nitrogens with zero attached hydrogens (tertiary/aromatic N) is 9. The Bertz CT molecular complexity index is 3190. The molecule has 3 aliphatic heterocycles. The fourth-order valence-electron chi connectivity index (χ4n) is 9.41. The van der Waals surface area contributed by atoms with Crippen LogP contribution in [0, 0.1) is 0 Å². The van der Waals surface area contributed by atoms with Crippen LogP contribution in [0.5, 0.6) is 5.75 Å². The van der Waals surface area contributed by atoms with Crippen molar-refractivity contribution in [3.8, 4) is 16.9 Å². The fraction of sp³-hybridized carbons (Fsp3) is 0.392. The summed E-state index contributed by atoms with van der Waals surface area (Å²) in [6.45, 7) is 8.29. The highest BCUT2D eigenvalue weighted by Crippen LogP contribution is 2.43. The van der Waals surface area contributed by atoms with Crippen molar-refractivity contribution in [2.45, 2.75) is 31.5 Å². The molecule has 4 amide bonds. The Labute approximate surface area is 446 Å². The number of carbonyl (C=O) groups is 4. The number of hydrogen-bond donors (Lipinski definition) is 5. The number of aromatic nitrogens is 6. The van der Waals surface area contributed by atoms with E-state index in [2.05, 4.69) is 62.1 Å². The van der Waals surface area contributed by atoms with Crippen LogP contribution in [-0.2, 0) is 35.4 Å². The summed E-state index contributed by atoms with van der Waals surface area (Å²) in [7, 11) is 0.649. The van der Waals surface area contributed by atoms with Crippen molar-refractivity contribution in [2.75, 3.05) is 114 Å². The molecule has 5 N–H and O–H groups in total. The van der Waals surface area contributed by atoms with E-state index in [1.807, 2.05) is 48.6 Å². The molecule has 2 atom stereocenters. The Morgan fingerprint density at radius 2 is 1.61 bits per heavy atom. The zero-order valence-corrected chi connectivity index (χ0v) is 44.9. The lowest BCUT2D eigenvalue weighted by molar-refractivity contribution is -0.136. The SMILES string of the molecule is COc1cc(N2CCN(C(O)CCOCCOCCOCCNc3cccc4c3C(=O)N(C3CCC(=O)NC3=O)C4=O)CC2)c(-c2cnn(C)c2)cc1Nc1ncc(Br)c(Nc2ccc3nccnc3c2P(C)(C)=O)n1. The minimum absolute atomic E-state index is 0.0489. The first kappa shape index (κ1) is 53.9. The number of amides is 4. The van der Waals surface area contributed by atoms with E-state index in [0.29, 0.717) is 128 Å². The molecule has 2 saturated heterocycles. The van der Waals surface area contributed by atoms with Crippen LogP contribution in [0.3, 0.4) is 0 Å². The second kappa shape index (κ2) is 24.0. The van der Waals surface area contributed by atoms with Crippen LogP contribution in [0.2, 0.25) is 0 Å². The average molecular weight is 1120 g/mol. The van der Waals surface area contributed by atoms with Gasteiger partial charge in [0.1, 0.15) is 36.5 Å². The second-order valence-electron chi connectivity index (χ2n) is 18.6. The number of rotatable bonds is 23. The summed E-state index contributed by atoms with van der Waals surface area (Å²) in [5.41, 5.74) is 6.03. The number of piperidine rings is 1. The van der Waals surface area contributed by atoms with E-state index in [4.69, 9.17) is 23.9 Å². The Morgan fingerprint density at radius 1 is 0.855 bits per heavy atom.